The van der Waals surface area contributed by atoms with Crippen LogP contribution < -0.4 is 15.4 Å². The number of nitrogens with one attached hydrogen (secondary N) is 3. The molecule has 0 bridgehead atoms. The van der Waals surface area contributed by atoms with Crippen molar-refractivity contribution in [2.24, 2.45) is 5.92 Å². The number of benzene rings is 1. The van der Waals surface area contributed by atoms with E-state index in [1.165, 1.54) is 0 Å². The Morgan fingerprint density at radius 1 is 1.24 bits per heavy atom. The summed E-state index contributed by atoms with van der Waals surface area (Å²) in [5.41, 5.74) is 4.20. The molecule has 9 nitrogen and oxygen atoms in total. The first-order valence-electron chi connectivity index (χ1n) is 13.0. The molecule has 0 unspecified atom stereocenters. The number of aliphatic hydroxyl groups is 3. The van der Waals surface area contributed by atoms with E-state index in [1.54, 1.807) is 0 Å². The molecule has 37 heavy (non-hydrogen) atoms. The average Bonchev–Trinajstić information content (AvgIpc) is 2.85. The Hall–Kier alpha value is -2.43. The second-order valence-electron chi connectivity index (χ2n) is 9.66. The van der Waals surface area contributed by atoms with Gasteiger partial charge in [-0.2, -0.15) is 0 Å². The summed E-state index contributed by atoms with van der Waals surface area (Å²) in [6.07, 6.45) is -0.212. The van der Waals surface area contributed by atoms with Crippen LogP contribution in [-0.2, 0) is 15.9 Å². The van der Waals surface area contributed by atoms with Crippen molar-refractivity contribution in [3.8, 4) is 5.75 Å². The molecule has 1 aliphatic rings. The molecule has 208 valence electrons. The number of rotatable bonds is 15. The molecule has 1 fully saturated rings. The number of hydrogen-bond acceptors (Lipinski definition) is 9. The molecule has 0 amide bonds. The minimum absolute atomic E-state index is 0.0364. The van der Waals surface area contributed by atoms with Crippen molar-refractivity contribution < 1.29 is 29.5 Å². The lowest BCUT2D eigenvalue weighted by Crippen LogP contribution is -2.44. The molecule has 0 radical (unpaired) electrons. The summed E-state index contributed by atoms with van der Waals surface area (Å²) in [4.78, 5) is 0. The van der Waals surface area contributed by atoms with Crippen LogP contribution in [0, 0.1) is 18.3 Å². The first kappa shape index (κ1) is 30.8. The minimum Gasteiger partial charge on any atom is -0.494 e. The minimum atomic E-state index is -0.914. The molecule has 3 atom stereocenters. The highest BCUT2D eigenvalue weighted by molar-refractivity contribution is 5.92. The number of aryl methyl sites for hydroxylation is 1. The fraction of sp³-hybridized carbons (Fsp3) is 0.607. The molecule has 0 saturated carbocycles. The summed E-state index contributed by atoms with van der Waals surface area (Å²) in [7, 11) is 1.83. The van der Waals surface area contributed by atoms with Crippen molar-refractivity contribution in [1.29, 1.82) is 5.41 Å². The molecular weight excluding hydrogens is 474 g/mol. The fourth-order valence-corrected chi connectivity index (χ4v) is 4.24. The Morgan fingerprint density at radius 3 is 2.59 bits per heavy atom. The zero-order chi connectivity index (χ0) is 27.4. The summed E-state index contributed by atoms with van der Waals surface area (Å²) in [5, 5.41) is 43.7. The zero-order valence-corrected chi connectivity index (χ0v) is 22.7. The van der Waals surface area contributed by atoms with E-state index in [2.05, 4.69) is 31.1 Å². The summed E-state index contributed by atoms with van der Waals surface area (Å²) < 4.78 is 17.5. The van der Waals surface area contributed by atoms with E-state index in [-0.39, 0.29) is 31.5 Å². The molecule has 1 aliphatic heterocycles. The Kier molecular flexibility index (Phi) is 13.1. The van der Waals surface area contributed by atoms with Gasteiger partial charge in [0.05, 0.1) is 19.3 Å². The summed E-state index contributed by atoms with van der Waals surface area (Å²) >= 11 is 0. The van der Waals surface area contributed by atoms with Crippen LogP contribution in [0.25, 0.3) is 0 Å². The highest BCUT2D eigenvalue weighted by atomic mass is 16.7. The third kappa shape index (κ3) is 9.43. The van der Waals surface area contributed by atoms with Crippen molar-refractivity contribution in [3.63, 3.8) is 0 Å². The molecule has 1 saturated heterocycles. The Balaban J connectivity index is 2.10. The third-order valence-corrected chi connectivity index (χ3v) is 6.34. The maximum atomic E-state index is 10.1. The van der Waals surface area contributed by atoms with Crippen LogP contribution in [-0.4, -0.2) is 79.7 Å². The molecular formula is C28H45N3O6. The number of allylic oxidation sites excluding steroid dienone is 1. The lowest BCUT2D eigenvalue weighted by Gasteiger charge is -2.34. The van der Waals surface area contributed by atoms with Gasteiger partial charge in [-0.3, -0.25) is 5.41 Å². The van der Waals surface area contributed by atoms with Crippen molar-refractivity contribution in [2.45, 2.75) is 65.0 Å². The van der Waals surface area contributed by atoms with Gasteiger partial charge in [0.15, 0.2) is 0 Å². The Labute approximate surface area is 221 Å². The van der Waals surface area contributed by atoms with E-state index in [1.807, 2.05) is 32.2 Å². The van der Waals surface area contributed by atoms with Gasteiger partial charge < -0.3 is 40.2 Å². The van der Waals surface area contributed by atoms with Crippen molar-refractivity contribution >= 4 is 5.90 Å². The van der Waals surface area contributed by atoms with Gasteiger partial charge in [-0.25, -0.2) is 0 Å². The lowest BCUT2D eigenvalue weighted by atomic mass is 9.95. The van der Waals surface area contributed by atoms with Crippen LogP contribution in [0.3, 0.4) is 0 Å². The predicted octanol–water partition coefficient (Wildman–Crippen LogP) is 2.43. The molecule has 0 aromatic heterocycles. The van der Waals surface area contributed by atoms with Crippen LogP contribution in [0.4, 0.5) is 0 Å². The molecule has 0 spiro atoms. The second-order valence-corrected chi connectivity index (χ2v) is 9.66. The van der Waals surface area contributed by atoms with E-state index < -0.39 is 18.5 Å². The predicted molar refractivity (Wildman–Crippen MR) is 145 cm³/mol. The maximum absolute atomic E-state index is 10.1. The van der Waals surface area contributed by atoms with Gasteiger partial charge in [0.1, 0.15) is 11.9 Å². The average molecular weight is 520 g/mol. The summed E-state index contributed by atoms with van der Waals surface area (Å²) in [5.74, 6) is 0.887. The summed E-state index contributed by atoms with van der Waals surface area (Å²) in [6, 6.07) is 5.96. The molecule has 1 aromatic carbocycles. The molecule has 1 aromatic rings. The van der Waals surface area contributed by atoms with Gasteiger partial charge in [0, 0.05) is 37.8 Å². The summed E-state index contributed by atoms with van der Waals surface area (Å²) in [6.45, 7) is 12.2. The molecule has 1 heterocycles. The van der Waals surface area contributed by atoms with Crippen LogP contribution >= 0.6 is 0 Å². The maximum Gasteiger partial charge on any atom is 0.224 e. The van der Waals surface area contributed by atoms with E-state index in [0.717, 1.165) is 48.5 Å². The Bertz CT molecular complexity index is 917. The van der Waals surface area contributed by atoms with Crippen LogP contribution in [0.2, 0.25) is 0 Å². The standard InChI is InChI=1S/C28H45N3O6/c1-18(2)26(30-5)23(27(29)37-28-20(4)15-24(34)25(17-33)36-28)16-21-8-9-22(14-19(21)3)35-13-7-11-31-10-6-12-32/h8-9,14,18,24-25,28-34H,4,6-7,10-13,15-17H2,1-3,5H3/b26-23-,29-27?/t24-,25+,28-/m0/s1. The van der Waals surface area contributed by atoms with Gasteiger partial charge in [0.25, 0.3) is 0 Å². The number of ether oxygens (including phenoxy) is 3. The van der Waals surface area contributed by atoms with Crippen LogP contribution in [0.1, 0.15) is 44.2 Å². The Morgan fingerprint density at radius 2 is 1.97 bits per heavy atom. The number of hydrogen-bond donors (Lipinski definition) is 6. The third-order valence-electron chi connectivity index (χ3n) is 6.34. The first-order valence-corrected chi connectivity index (χ1v) is 13.0. The fourth-order valence-electron chi connectivity index (χ4n) is 4.24. The lowest BCUT2D eigenvalue weighted by molar-refractivity contribution is -0.174. The number of aliphatic hydroxyl groups excluding tert-OH is 3. The zero-order valence-electron chi connectivity index (χ0n) is 22.7. The SMILES string of the molecule is C=C1C[C@H](O)[C@@H](CO)O[C@H]1OC(=N)/C(Cc1ccc(OCCCNCCCO)cc1C)=C(\NC)C(C)C. The molecule has 2 rings (SSSR count). The topological polar surface area (TPSA) is 136 Å². The van der Waals surface area contributed by atoms with Crippen LogP contribution in [0.15, 0.2) is 41.6 Å². The van der Waals surface area contributed by atoms with Crippen LogP contribution in [0.5, 0.6) is 5.75 Å². The molecule has 9 heteroatoms. The van der Waals surface area contributed by atoms with Gasteiger partial charge in [-0.05, 0) is 67.6 Å². The van der Waals surface area contributed by atoms with Gasteiger partial charge in [-0.1, -0.05) is 26.5 Å². The van der Waals surface area contributed by atoms with E-state index in [0.29, 0.717) is 24.2 Å². The van der Waals surface area contributed by atoms with Crippen molar-refractivity contribution in [1.82, 2.24) is 10.6 Å². The highest BCUT2D eigenvalue weighted by Crippen LogP contribution is 2.28. The van der Waals surface area contributed by atoms with Crippen molar-refractivity contribution in [2.75, 3.05) is 40.0 Å². The first-order chi connectivity index (χ1) is 17.7. The largest absolute Gasteiger partial charge is 0.494 e. The normalized spacial score (nSPS) is 20.5. The monoisotopic (exact) mass is 519 g/mol. The van der Waals surface area contributed by atoms with Crippen molar-refractivity contribution in [3.05, 3.63) is 52.7 Å². The van der Waals surface area contributed by atoms with Gasteiger partial charge in [0.2, 0.25) is 12.2 Å². The quantitative estimate of drug-likeness (QED) is 0.0900. The smallest absolute Gasteiger partial charge is 0.224 e. The van der Waals surface area contributed by atoms with E-state index in [9.17, 15) is 10.2 Å². The molecule has 6 N–H and O–H groups in total. The molecule has 0 aliphatic carbocycles. The van der Waals surface area contributed by atoms with E-state index in [4.69, 9.17) is 24.7 Å². The van der Waals surface area contributed by atoms with E-state index >= 15 is 0 Å². The van der Waals surface area contributed by atoms with Gasteiger partial charge in [-0.15, -0.1) is 0 Å². The highest BCUT2D eigenvalue weighted by Gasteiger charge is 2.34. The second kappa shape index (κ2) is 15.7. The van der Waals surface area contributed by atoms with Gasteiger partial charge >= 0.3 is 0 Å².